The molecule has 2 aliphatic rings. The molecule has 4 rings (SSSR count). The lowest BCUT2D eigenvalue weighted by atomic mass is 9.84. The van der Waals surface area contributed by atoms with E-state index >= 15 is 0 Å². The highest BCUT2D eigenvalue weighted by molar-refractivity contribution is 5.92. The van der Waals surface area contributed by atoms with Crippen LogP contribution in [-0.4, -0.2) is 37.2 Å². The van der Waals surface area contributed by atoms with Crippen molar-refractivity contribution in [1.82, 2.24) is 0 Å². The van der Waals surface area contributed by atoms with Gasteiger partial charge in [-0.15, -0.1) is 0 Å². The minimum Gasteiger partial charge on any atom is -0.497 e. The van der Waals surface area contributed by atoms with Crippen LogP contribution in [0.2, 0.25) is 0 Å². The lowest BCUT2D eigenvalue weighted by Crippen LogP contribution is -2.59. The zero-order chi connectivity index (χ0) is 19.7. The van der Waals surface area contributed by atoms with Gasteiger partial charge in [0.05, 0.1) is 25.4 Å². The summed E-state index contributed by atoms with van der Waals surface area (Å²) in [6.45, 7) is 4.41. The van der Waals surface area contributed by atoms with Crippen molar-refractivity contribution in [2.45, 2.75) is 50.9 Å². The van der Waals surface area contributed by atoms with E-state index in [-0.39, 0.29) is 18.3 Å². The lowest BCUT2D eigenvalue weighted by Gasteiger charge is -2.44. The van der Waals surface area contributed by atoms with Crippen LogP contribution in [0.25, 0.3) is 0 Å². The summed E-state index contributed by atoms with van der Waals surface area (Å²) in [4.78, 5) is 14.4. The summed E-state index contributed by atoms with van der Waals surface area (Å²) in [5.41, 5.74) is 1.29. The number of benzene rings is 2. The Morgan fingerprint density at radius 2 is 1.86 bits per heavy atom. The maximum absolute atomic E-state index is 12.7. The number of hydrogen-bond donors (Lipinski definition) is 0. The third kappa shape index (κ3) is 3.34. The van der Waals surface area contributed by atoms with Gasteiger partial charge in [-0.05, 0) is 43.7 Å². The second-order valence-electron chi connectivity index (χ2n) is 7.47. The van der Waals surface area contributed by atoms with E-state index < -0.39 is 11.8 Å². The van der Waals surface area contributed by atoms with Crippen molar-refractivity contribution in [3.63, 3.8) is 0 Å². The standard InChI is InChI=1S/C22H25NO5/c1-15-20-22(2,13-19(27-15)26-14-16-7-5-4-6-8-16)23(21(24)28-20)17-9-11-18(25-3)12-10-17/h4-12,15,19-20H,13-14H2,1-3H3/t15-,19+,20-,22+/m1/s1. The van der Waals surface area contributed by atoms with Crippen LogP contribution in [-0.2, 0) is 20.8 Å². The first kappa shape index (κ1) is 18.8. The quantitative estimate of drug-likeness (QED) is 0.777. The van der Waals surface area contributed by atoms with E-state index in [9.17, 15) is 4.79 Å². The second kappa shape index (κ2) is 7.45. The zero-order valence-electron chi connectivity index (χ0n) is 16.3. The molecule has 28 heavy (non-hydrogen) atoms. The Labute approximate surface area is 165 Å². The third-order valence-corrected chi connectivity index (χ3v) is 5.52. The Bertz CT molecular complexity index is 825. The first-order valence-corrected chi connectivity index (χ1v) is 9.47. The van der Waals surface area contributed by atoms with E-state index in [1.54, 1.807) is 12.0 Å². The van der Waals surface area contributed by atoms with Gasteiger partial charge in [-0.1, -0.05) is 30.3 Å². The SMILES string of the molecule is COc1ccc(N2C(=O)O[C@@H]3[C@@H](C)O[C@H](OCc4ccccc4)C[C@@]32C)cc1. The fraction of sp³-hybridized carbons (Fsp3) is 0.409. The minimum atomic E-state index is -0.565. The number of nitrogens with zero attached hydrogens (tertiary/aromatic N) is 1. The number of fused-ring (bicyclic) bond motifs is 1. The van der Waals surface area contributed by atoms with Crippen LogP contribution in [0.1, 0.15) is 25.8 Å². The molecule has 0 radical (unpaired) electrons. The summed E-state index contributed by atoms with van der Waals surface area (Å²) in [5.74, 6) is 0.738. The van der Waals surface area contributed by atoms with Crippen molar-refractivity contribution in [2.24, 2.45) is 0 Å². The molecular weight excluding hydrogens is 358 g/mol. The number of rotatable bonds is 5. The van der Waals surface area contributed by atoms with Crippen LogP contribution in [0.5, 0.6) is 5.75 Å². The molecule has 6 nitrogen and oxygen atoms in total. The smallest absolute Gasteiger partial charge is 0.415 e. The van der Waals surface area contributed by atoms with Crippen LogP contribution >= 0.6 is 0 Å². The van der Waals surface area contributed by atoms with E-state index in [4.69, 9.17) is 18.9 Å². The molecule has 0 unspecified atom stereocenters. The average molecular weight is 383 g/mol. The molecule has 0 aliphatic carbocycles. The van der Waals surface area contributed by atoms with Gasteiger partial charge >= 0.3 is 6.09 Å². The Morgan fingerprint density at radius 1 is 1.14 bits per heavy atom. The number of anilines is 1. The van der Waals surface area contributed by atoms with Crippen LogP contribution in [0.15, 0.2) is 54.6 Å². The molecule has 0 saturated carbocycles. The van der Waals surface area contributed by atoms with Gasteiger partial charge in [-0.25, -0.2) is 4.79 Å². The zero-order valence-corrected chi connectivity index (χ0v) is 16.3. The molecule has 2 heterocycles. The van der Waals surface area contributed by atoms with Gasteiger partial charge in [-0.3, -0.25) is 4.90 Å². The Balaban J connectivity index is 1.55. The average Bonchev–Trinajstić information content (AvgIpc) is 2.98. The topological polar surface area (TPSA) is 57.2 Å². The third-order valence-electron chi connectivity index (χ3n) is 5.52. The molecule has 2 aromatic carbocycles. The van der Waals surface area contributed by atoms with Gasteiger partial charge in [0, 0.05) is 12.1 Å². The molecule has 4 atom stereocenters. The molecule has 0 N–H and O–H groups in total. The molecule has 0 spiro atoms. The molecule has 1 amide bonds. The number of methoxy groups -OCH3 is 1. The number of carbonyl (C=O) groups excluding carboxylic acids is 1. The van der Waals surface area contributed by atoms with Crippen LogP contribution in [0, 0.1) is 0 Å². The molecule has 2 aliphatic heterocycles. The van der Waals surface area contributed by atoms with Crippen LogP contribution < -0.4 is 9.64 Å². The van der Waals surface area contributed by atoms with Gasteiger partial charge in [0.15, 0.2) is 12.4 Å². The summed E-state index contributed by atoms with van der Waals surface area (Å²) in [5, 5.41) is 0. The molecule has 2 saturated heterocycles. The highest BCUT2D eigenvalue weighted by Gasteiger charge is 2.58. The number of hydrogen-bond acceptors (Lipinski definition) is 5. The monoisotopic (exact) mass is 383 g/mol. The van der Waals surface area contributed by atoms with Gasteiger partial charge in [0.1, 0.15) is 5.75 Å². The van der Waals surface area contributed by atoms with Crippen molar-refractivity contribution < 1.29 is 23.7 Å². The maximum Gasteiger partial charge on any atom is 0.415 e. The molecule has 148 valence electrons. The minimum absolute atomic E-state index is 0.272. The largest absolute Gasteiger partial charge is 0.497 e. The first-order valence-electron chi connectivity index (χ1n) is 9.47. The summed E-state index contributed by atoms with van der Waals surface area (Å²) >= 11 is 0. The first-order chi connectivity index (χ1) is 13.5. The molecule has 0 bridgehead atoms. The maximum atomic E-state index is 12.7. The Hall–Kier alpha value is -2.57. The predicted octanol–water partition coefficient (Wildman–Crippen LogP) is 4.13. The highest BCUT2D eigenvalue weighted by Crippen LogP contribution is 2.44. The normalized spacial score (nSPS) is 29.3. The molecular formula is C22H25NO5. The van der Waals surface area contributed by atoms with Gasteiger partial charge in [0.2, 0.25) is 0 Å². The summed E-state index contributed by atoms with van der Waals surface area (Å²) in [7, 11) is 1.62. The van der Waals surface area contributed by atoms with Gasteiger partial charge < -0.3 is 18.9 Å². The van der Waals surface area contributed by atoms with Crippen LogP contribution in [0.3, 0.4) is 0 Å². The highest BCUT2D eigenvalue weighted by atomic mass is 16.7. The van der Waals surface area contributed by atoms with Crippen molar-refractivity contribution in [2.75, 3.05) is 12.0 Å². The van der Waals surface area contributed by atoms with Crippen molar-refractivity contribution in [1.29, 1.82) is 0 Å². The fourth-order valence-corrected chi connectivity index (χ4v) is 4.12. The Morgan fingerprint density at radius 3 is 2.54 bits per heavy atom. The molecule has 6 heteroatoms. The van der Waals surface area contributed by atoms with E-state index in [2.05, 4.69) is 0 Å². The summed E-state index contributed by atoms with van der Waals surface area (Å²) in [6, 6.07) is 17.4. The Kier molecular flexibility index (Phi) is 5.00. The number of carbonyl (C=O) groups is 1. The number of amides is 1. The molecule has 0 aromatic heterocycles. The van der Waals surface area contributed by atoms with Gasteiger partial charge in [-0.2, -0.15) is 0 Å². The summed E-state index contributed by atoms with van der Waals surface area (Å²) < 4.78 is 23.0. The lowest BCUT2D eigenvalue weighted by molar-refractivity contribution is -0.231. The number of ether oxygens (including phenoxy) is 4. The van der Waals surface area contributed by atoms with E-state index in [1.165, 1.54) is 0 Å². The fourth-order valence-electron chi connectivity index (χ4n) is 4.12. The van der Waals surface area contributed by atoms with Crippen molar-refractivity contribution in [3.8, 4) is 5.75 Å². The van der Waals surface area contributed by atoms with E-state index in [0.29, 0.717) is 13.0 Å². The van der Waals surface area contributed by atoms with E-state index in [1.807, 2.05) is 68.4 Å². The molecule has 2 fully saturated rings. The predicted molar refractivity (Wildman–Crippen MR) is 104 cm³/mol. The van der Waals surface area contributed by atoms with Crippen molar-refractivity contribution in [3.05, 3.63) is 60.2 Å². The molecule has 2 aromatic rings. The summed E-state index contributed by atoms with van der Waals surface area (Å²) in [6.07, 6.45) is -0.902. The van der Waals surface area contributed by atoms with Crippen molar-refractivity contribution >= 4 is 11.8 Å². The van der Waals surface area contributed by atoms with Crippen LogP contribution in [0.4, 0.5) is 10.5 Å². The second-order valence-corrected chi connectivity index (χ2v) is 7.47. The van der Waals surface area contributed by atoms with Gasteiger partial charge in [0.25, 0.3) is 0 Å². The van der Waals surface area contributed by atoms with E-state index in [0.717, 1.165) is 17.0 Å².